The fourth-order valence-corrected chi connectivity index (χ4v) is 11.4. The van der Waals surface area contributed by atoms with Crippen molar-refractivity contribution >= 4 is 49.4 Å². The Morgan fingerprint density at radius 3 is 1.59 bits per heavy atom. The molecule has 0 N–H and O–H groups in total. The molecule has 69 heavy (non-hydrogen) atoms. The van der Waals surface area contributed by atoms with Crippen LogP contribution >= 0.6 is 0 Å². The molecule has 0 saturated heterocycles. The molecule has 1 unspecified atom stereocenters. The number of rotatable bonds is 8. The summed E-state index contributed by atoms with van der Waals surface area (Å²) in [6.07, 6.45) is 0. The number of anilines is 3. The maximum absolute atomic E-state index is 2.48. The maximum atomic E-state index is 2.48. The Labute approximate surface area is 403 Å². The van der Waals surface area contributed by atoms with Crippen LogP contribution in [-0.4, -0.2) is 0 Å². The average molecular weight is 878 g/mol. The molecule has 0 saturated carbocycles. The second-order valence-corrected chi connectivity index (χ2v) is 18.5. The molecule has 1 atom stereocenters. The van der Waals surface area contributed by atoms with Crippen LogP contribution in [0.15, 0.2) is 267 Å². The van der Waals surface area contributed by atoms with E-state index in [1.807, 2.05) is 0 Å². The van der Waals surface area contributed by atoms with Crippen molar-refractivity contribution in [3.05, 3.63) is 284 Å². The standard InChI is InChI=1S/C68H47N/c1-68(54-26-9-4-10-27-54)62-32-16-15-31-60(62)67-63(68)33-18-34-64(67)69(55-40-37-47(38-41-55)52-36-35-46-19-11-12-24-50(46)43-52)56-28-17-25-51(44-56)53-39-42-58-57-29-13-14-30-59(57)65(48-20-5-2-6-21-48)66(61(58)45-53)49-22-7-3-8-23-49/h2-45H,1H3. The van der Waals surface area contributed by atoms with Gasteiger partial charge in [0.05, 0.1) is 5.69 Å². The third-order valence-electron chi connectivity index (χ3n) is 14.7. The highest BCUT2D eigenvalue weighted by atomic mass is 15.1. The van der Waals surface area contributed by atoms with Gasteiger partial charge in [-0.25, -0.2) is 0 Å². The van der Waals surface area contributed by atoms with Gasteiger partial charge in [-0.15, -0.1) is 0 Å². The van der Waals surface area contributed by atoms with Crippen molar-refractivity contribution in [1.29, 1.82) is 0 Å². The van der Waals surface area contributed by atoms with E-state index in [4.69, 9.17) is 0 Å². The molecule has 0 fully saturated rings. The maximum Gasteiger partial charge on any atom is 0.0543 e. The Morgan fingerprint density at radius 1 is 0.290 bits per heavy atom. The SMILES string of the molecule is CC1(c2ccccc2)c2ccccc2-c2c(N(c3ccc(-c4ccc5ccccc5c4)cc3)c3cccc(-c4ccc5c(c4)c(-c4ccccc4)c(-c4ccccc4)c4ccccc45)c3)cccc21. The second kappa shape index (κ2) is 16.5. The fraction of sp³-hybridized carbons (Fsp3) is 0.0294. The van der Waals surface area contributed by atoms with Gasteiger partial charge in [-0.2, -0.15) is 0 Å². The summed E-state index contributed by atoms with van der Waals surface area (Å²) in [7, 11) is 0. The fourth-order valence-electron chi connectivity index (χ4n) is 11.4. The van der Waals surface area contributed by atoms with Crippen LogP contribution < -0.4 is 4.90 Å². The number of hydrogen-bond donors (Lipinski definition) is 0. The van der Waals surface area contributed by atoms with E-state index in [1.165, 1.54) is 99.1 Å². The minimum absolute atomic E-state index is 0.332. The number of fused-ring (bicyclic) bond motifs is 7. The third-order valence-corrected chi connectivity index (χ3v) is 14.7. The van der Waals surface area contributed by atoms with E-state index in [2.05, 4.69) is 279 Å². The molecule has 0 amide bonds. The zero-order valence-electron chi connectivity index (χ0n) is 38.4. The first kappa shape index (κ1) is 40.5. The molecule has 12 aromatic rings. The average Bonchev–Trinajstić information content (AvgIpc) is 3.70. The quantitative estimate of drug-likeness (QED) is 0.138. The summed E-state index contributed by atoms with van der Waals surface area (Å²) < 4.78 is 0. The molecule has 324 valence electrons. The predicted molar refractivity (Wildman–Crippen MR) is 293 cm³/mol. The Bertz CT molecular complexity index is 3890. The first-order chi connectivity index (χ1) is 34.1. The Hall–Kier alpha value is -8.78. The van der Waals surface area contributed by atoms with Gasteiger partial charge in [0.1, 0.15) is 0 Å². The highest BCUT2D eigenvalue weighted by molar-refractivity contribution is 6.22. The van der Waals surface area contributed by atoms with E-state index in [0.29, 0.717) is 0 Å². The van der Waals surface area contributed by atoms with Gasteiger partial charge < -0.3 is 4.90 Å². The monoisotopic (exact) mass is 877 g/mol. The van der Waals surface area contributed by atoms with Gasteiger partial charge in [-0.1, -0.05) is 224 Å². The molecule has 0 aliphatic heterocycles. The molecule has 0 spiro atoms. The van der Waals surface area contributed by atoms with Crippen molar-refractivity contribution in [1.82, 2.24) is 0 Å². The van der Waals surface area contributed by atoms with Crippen LogP contribution in [0.5, 0.6) is 0 Å². The molecular formula is C68H47N. The lowest BCUT2D eigenvalue weighted by molar-refractivity contribution is 0.714. The lowest BCUT2D eigenvalue weighted by Crippen LogP contribution is -2.22. The minimum atomic E-state index is -0.332. The number of hydrogen-bond acceptors (Lipinski definition) is 1. The number of benzene rings is 12. The largest absolute Gasteiger partial charge is 0.310 e. The van der Waals surface area contributed by atoms with E-state index in [0.717, 1.165) is 22.6 Å². The van der Waals surface area contributed by atoms with Gasteiger partial charge in [0.15, 0.2) is 0 Å². The molecule has 13 rings (SSSR count). The molecule has 0 bridgehead atoms. The van der Waals surface area contributed by atoms with Crippen LogP contribution in [0, 0.1) is 0 Å². The first-order valence-electron chi connectivity index (χ1n) is 24.0. The molecule has 0 radical (unpaired) electrons. The van der Waals surface area contributed by atoms with Crippen molar-refractivity contribution in [2.45, 2.75) is 12.3 Å². The van der Waals surface area contributed by atoms with Gasteiger partial charge in [0.2, 0.25) is 0 Å². The number of nitrogens with zero attached hydrogens (tertiary/aromatic N) is 1. The minimum Gasteiger partial charge on any atom is -0.310 e. The summed E-state index contributed by atoms with van der Waals surface area (Å²) >= 11 is 0. The normalized spacial score (nSPS) is 13.9. The van der Waals surface area contributed by atoms with Gasteiger partial charge in [0.25, 0.3) is 0 Å². The molecule has 1 aliphatic carbocycles. The van der Waals surface area contributed by atoms with Crippen molar-refractivity contribution in [2.24, 2.45) is 0 Å². The highest BCUT2D eigenvalue weighted by Crippen LogP contribution is 2.57. The van der Waals surface area contributed by atoms with E-state index in [9.17, 15) is 0 Å². The smallest absolute Gasteiger partial charge is 0.0543 e. The van der Waals surface area contributed by atoms with E-state index >= 15 is 0 Å². The summed E-state index contributed by atoms with van der Waals surface area (Å²) in [5.74, 6) is 0. The molecule has 1 nitrogen and oxygen atoms in total. The molecular weight excluding hydrogens is 831 g/mol. The van der Waals surface area contributed by atoms with Crippen LogP contribution in [0.4, 0.5) is 17.1 Å². The van der Waals surface area contributed by atoms with E-state index in [-0.39, 0.29) is 5.41 Å². The summed E-state index contributed by atoms with van der Waals surface area (Å²) in [5, 5.41) is 7.49. The molecule has 12 aromatic carbocycles. The Kier molecular flexibility index (Phi) is 9.70. The predicted octanol–water partition coefficient (Wildman–Crippen LogP) is 18.6. The van der Waals surface area contributed by atoms with Crippen LogP contribution in [0.1, 0.15) is 23.6 Å². The Balaban J connectivity index is 1.02. The van der Waals surface area contributed by atoms with Gasteiger partial charge in [-0.3, -0.25) is 0 Å². The van der Waals surface area contributed by atoms with Crippen molar-refractivity contribution in [2.75, 3.05) is 4.90 Å². The topological polar surface area (TPSA) is 3.24 Å². The zero-order chi connectivity index (χ0) is 45.9. The summed E-state index contributed by atoms with van der Waals surface area (Å²) in [6.45, 7) is 2.40. The van der Waals surface area contributed by atoms with Crippen LogP contribution in [0.3, 0.4) is 0 Å². The van der Waals surface area contributed by atoms with Gasteiger partial charge in [0, 0.05) is 22.4 Å². The molecule has 0 heterocycles. The second-order valence-electron chi connectivity index (χ2n) is 18.5. The lowest BCUT2D eigenvalue weighted by atomic mass is 9.74. The van der Waals surface area contributed by atoms with Crippen LogP contribution in [-0.2, 0) is 5.41 Å². The van der Waals surface area contributed by atoms with Crippen molar-refractivity contribution < 1.29 is 0 Å². The summed E-state index contributed by atoms with van der Waals surface area (Å²) in [5.41, 5.74) is 19.1. The summed E-state index contributed by atoms with van der Waals surface area (Å²) in [6, 6.07) is 98.4. The molecule has 1 heteroatoms. The molecule has 0 aromatic heterocycles. The van der Waals surface area contributed by atoms with E-state index < -0.39 is 0 Å². The lowest BCUT2D eigenvalue weighted by Gasteiger charge is -2.31. The van der Waals surface area contributed by atoms with Crippen molar-refractivity contribution in [3.63, 3.8) is 0 Å². The third kappa shape index (κ3) is 6.69. The van der Waals surface area contributed by atoms with Crippen LogP contribution in [0.25, 0.3) is 88.0 Å². The summed E-state index contributed by atoms with van der Waals surface area (Å²) in [4.78, 5) is 2.48. The van der Waals surface area contributed by atoms with E-state index in [1.54, 1.807) is 0 Å². The zero-order valence-corrected chi connectivity index (χ0v) is 38.4. The Morgan fingerprint density at radius 2 is 0.826 bits per heavy atom. The molecule has 1 aliphatic rings. The highest BCUT2D eigenvalue weighted by Gasteiger charge is 2.42. The first-order valence-corrected chi connectivity index (χ1v) is 24.0. The van der Waals surface area contributed by atoms with Crippen molar-refractivity contribution in [3.8, 4) is 55.6 Å². The van der Waals surface area contributed by atoms with Gasteiger partial charge >= 0.3 is 0 Å². The van der Waals surface area contributed by atoms with Crippen LogP contribution in [0.2, 0.25) is 0 Å². The van der Waals surface area contributed by atoms with Gasteiger partial charge in [-0.05, 0) is 148 Å².